The second kappa shape index (κ2) is 6.33. The van der Waals surface area contributed by atoms with Crippen LogP contribution in [0.1, 0.15) is 12.5 Å². The molecule has 8 heteroatoms. The lowest BCUT2D eigenvalue weighted by Gasteiger charge is -2.13. The molecule has 1 heterocycles. The van der Waals surface area contributed by atoms with E-state index in [1.54, 1.807) is 23.7 Å². The molecule has 6 nitrogen and oxygen atoms in total. The van der Waals surface area contributed by atoms with E-state index < -0.39 is 22.0 Å². The molecule has 1 atom stereocenters. The molecule has 2 N–H and O–H groups in total. The molecule has 0 spiro atoms. The van der Waals surface area contributed by atoms with Crippen LogP contribution in [-0.2, 0) is 14.8 Å². The highest BCUT2D eigenvalue weighted by Crippen LogP contribution is 2.13. The maximum atomic E-state index is 12.2. The monoisotopic (exact) mass is 325 g/mol. The molecule has 0 radical (unpaired) electrons. The molecule has 0 aliphatic heterocycles. The summed E-state index contributed by atoms with van der Waals surface area (Å²) in [6.07, 6.45) is 1.56. The summed E-state index contributed by atoms with van der Waals surface area (Å²) in [7, 11) is -3.73. The Balaban J connectivity index is 2.05. The number of thiazole rings is 1. The van der Waals surface area contributed by atoms with Crippen molar-refractivity contribution in [2.45, 2.75) is 24.8 Å². The molecule has 0 aliphatic carbocycles. The maximum Gasteiger partial charge on any atom is 0.244 e. The molecule has 0 bridgehead atoms. The summed E-state index contributed by atoms with van der Waals surface area (Å²) < 4.78 is 26.7. The van der Waals surface area contributed by atoms with Crippen molar-refractivity contribution in [2.75, 3.05) is 5.32 Å². The number of nitrogens with one attached hydrogen (secondary N) is 2. The Kier molecular flexibility index (Phi) is 4.71. The zero-order valence-electron chi connectivity index (χ0n) is 11.5. The minimum Gasteiger partial charge on any atom is -0.301 e. The largest absolute Gasteiger partial charge is 0.301 e. The van der Waals surface area contributed by atoms with Crippen molar-refractivity contribution >= 4 is 32.4 Å². The Morgan fingerprint density at radius 2 is 1.95 bits per heavy atom. The number of amides is 1. The minimum atomic E-state index is -3.73. The number of hydrogen-bond donors (Lipinski definition) is 2. The van der Waals surface area contributed by atoms with Crippen LogP contribution in [-0.4, -0.2) is 25.4 Å². The van der Waals surface area contributed by atoms with E-state index in [2.05, 4.69) is 15.0 Å². The molecule has 0 saturated carbocycles. The van der Waals surface area contributed by atoms with Gasteiger partial charge in [0.05, 0.1) is 10.9 Å². The van der Waals surface area contributed by atoms with Crippen molar-refractivity contribution in [3.05, 3.63) is 41.4 Å². The van der Waals surface area contributed by atoms with E-state index in [9.17, 15) is 13.2 Å². The third kappa shape index (κ3) is 4.10. The summed E-state index contributed by atoms with van der Waals surface area (Å²) in [5, 5.41) is 4.70. The summed E-state index contributed by atoms with van der Waals surface area (Å²) in [6, 6.07) is 5.51. The molecule has 0 aliphatic rings. The fourth-order valence-electron chi connectivity index (χ4n) is 1.57. The number of aryl methyl sites for hydroxylation is 1. The Labute approximate surface area is 127 Å². The molecule has 1 aromatic carbocycles. The highest BCUT2D eigenvalue weighted by atomic mass is 32.2. The molecule has 0 fully saturated rings. The molecule has 0 unspecified atom stereocenters. The highest BCUT2D eigenvalue weighted by Gasteiger charge is 2.22. The second-order valence-corrected chi connectivity index (χ2v) is 7.09. The van der Waals surface area contributed by atoms with Gasteiger partial charge >= 0.3 is 0 Å². The fourth-order valence-corrected chi connectivity index (χ4v) is 3.31. The van der Waals surface area contributed by atoms with Crippen molar-refractivity contribution in [2.24, 2.45) is 0 Å². The van der Waals surface area contributed by atoms with Gasteiger partial charge in [-0.2, -0.15) is 4.72 Å². The quantitative estimate of drug-likeness (QED) is 0.877. The van der Waals surface area contributed by atoms with Crippen molar-refractivity contribution < 1.29 is 13.2 Å². The van der Waals surface area contributed by atoms with E-state index in [0.717, 1.165) is 5.56 Å². The Hall–Kier alpha value is -1.77. The van der Waals surface area contributed by atoms with E-state index in [4.69, 9.17) is 0 Å². The standard InChI is InChI=1S/C13H15N3O3S2/c1-9-3-5-11(6-4-9)21(18,19)16-10(2)12(17)15-13-14-7-8-20-13/h3-8,10,16H,1-2H3,(H,14,15,17)/t10-/m1/s1. The van der Waals surface area contributed by atoms with Crippen LogP contribution in [0.5, 0.6) is 0 Å². The Morgan fingerprint density at radius 3 is 2.52 bits per heavy atom. The molecule has 2 aromatic rings. The van der Waals surface area contributed by atoms with Gasteiger partial charge in [-0.05, 0) is 26.0 Å². The zero-order valence-corrected chi connectivity index (χ0v) is 13.2. The summed E-state index contributed by atoms with van der Waals surface area (Å²) in [6.45, 7) is 3.35. The van der Waals surface area contributed by atoms with E-state index in [1.807, 2.05) is 6.92 Å². The van der Waals surface area contributed by atoms with Gasteiger partial charge in [0, 0.05) is 11.6 Å². The molecule has 112 valence electrons. The average molecular weight is 325 g/mol. The summed E-state index contributed by atoms with van der Waals surface area (Å²) in [5.41, 5.74) is 0.962. The number of carbonyl (C=O) groups is 1. The lowest BCUT2D eigenvalue weighted by atomic mass is 10.2. The molecule has 1 aromatic heterocycles. The number of rotatable bonds is 5. The van der Waals surface area contributed by atoms with Crippen LogP contribution >= 0.6 is 11.3 Å². The van der Waals surface area contributed by atoms with Crippen molar-refractivity contribution in [1.29, 1.82) is 0 Å². The van der Waals surface area contributed by atoms with Crippen LogP contribution in [0.2, 0.25) is 0 Å². The first-order valence-electron chi connectivity index (χ1n) is 6.18. The van der Waals surface area contributed by atoms with Gasteiger partial charge in [0.1, 0.15) is 0 Å². The van der Waals surface area contributed by atoms with Crippen molar-refractivity contribution in [1.82, 2.24) is 9.71 Å². The SMILES string of the molecule is Cc1ccc(S(=O)(=O)N[C@H](C)C(=O)Nc2nccs2)cc1. The van der Waals surface area contributed by atoms with Crippen LogP contribution in [0.15, 0.2) is 40.7 Å². The first-order valence-corrected chi connectivity index (χ1v) is 8.54. The molecular weight excluding hydrogens is 310 g/mol. The van der Waals surface area contributed by atoms with Gasteiger partial charge in [-0.1, -0.05) is 17.7 Å². The molecule has 0 saturated heterocycles. The van der Waals surface area contributed by atoms with Crippen molar-refractivity contribution in [3.8, 4) is 0 Å². The van der Waals surface area contributed by atoms with Crippen LogP contribution in [0, 0.1) is 6.92 Å². The van der Waals surface area contributed by atoms with Gasteiger partial charge in [-0.25, -0.2) is 13.4 Å². The molecule has 1 amide bonds. The van der Waals surface area contributed by atoms with Crippen LogP contribution in [0.3, 0.4) is 0 Å². The summed E-state index contributed by atoms with van der Waals surface area (Å²) >= 11 is 1.26. The lowest BCUT2D eigenvalue weighted by molar-refractivity contribution is -0.117. The molecule has 21 heavy (non-hydrogen) atoms. The second-order valence-electron chi connectivity index (χ2n) is 4.48. The number of carbonyl (C=O) groups excluding carboxylic acids is 1. The lowest BCUT2D eigenvalue weighted by Crippen LogP contribution is -2.41. The smallest absolute Gasteiger partial charge is 0.244 e. The minimum absolute atomic E-state index is 0.127. The predicted octanol–water partition coefficient (Wildman–Crippen LogP) is 1.76. The Morgan fingerprint density at radius 1 is 1.29 bits per heavy atom. The van der Waals surface area contributed by atoms with Crippen LogP contribution < -0.4 is 10.0 Å². The number of benzene rings is 1. The van der Waals surface area contributed by atoms with Gasteiger partial charge in [-0.3, -0.25) is 4.79 Å². The van der Waals surface area contributed by atoms with E-state index >= 15 is 0 Å². The fraction of sp³-hybridized carbons (Fsp3) is 0.231. The van der Waals surface area contributed by atoms with Crippen molar-refractivity contribution in [3.63, 3.8) is 0 Å². The van der Waals surface area contributed by atoms with Gasteiger partial charge in [0.2, 0.25) is 15.9 Å². The van der Waals surface area contributed by atoms with Gasteiger partial charge in [0.15, 0.2) is 5.13 Å². The van der Waals surface area contributed by atoms with E-state index in [-0.39, 0.29) is 4.90 Å². The topological polar surface area (TPSA) is 88.2 Å². The van der Waals surface area contributed by atoms with Crippen LogP contribution in [0.4, 0.5) is 5.13 Å². The zero-order chi connectivity index (χ0) is 15.5. The van der Waals surface area contributed by atoms with Gasteiger partial charge in [0.25, 0.3) is 0 Å². The first-order chi connectivity index (χ1) is 9.88. The Bertz CT molecular complexity index is 710. The highest BCUT2D eigenvalue weighted by molar-refractivity contribution is 7.89. The third-order valence-electron chi connectivity index (χ3n) is 2.72. The van der Waals surface area contributed by atoms with Gasteiger partial charge < -0.3 is 5.32 Å². The molecule has 2 rings (SSSR count). The van der Waals surface area contributed by atoms with Crippen LogP contribution in [0.25, 0.3) is 0 Å². The molecular formula is C13H15N3O3S2. The average Bonchev–Trinajstić information content (AvgIpc) is 2.91. The summed E-state index contributed by atoms with van der Waals surface area (Å²) in [4.78, 5) is 15.9. The summed E-state index contributed by atoms with van der Waals surface area (Å²) in [5.74, 6) is -0.458. The maximum absolute atomic E-state index is 12.2. The van der Waals surface area contributed by atoms with Gasteiger partial charge in [-0.15, -0.1) is 11.3 Å². The normalized spacial score (nSPS) is 12.9. The third-order valence-corrected chi connectivity index (χ3v) is 4.96. The number of aromatic nitrogens is 1. The number of hydrogen-bond acceptors (Lipinski definition) is 5. The number of anilines is 1. The van der Waals surface area contributed by atoms with E-state index in [0.29, 0.717) is 5.13 Å². The first kappa shape index (κ1) is 15.6. The van der Waals surface area contributed by atoms with E-state index in [1.165, 1.54) is 30.4 Å². The predicted molar refractivity (Wildman–Crippen MR) is 81.7 cm³/mol. The number of nitrogens with zero attached hydrogens (tertiary/aromatic N) is 1. The number of sulfonamides is 1.